The number of aromatic nitrogens is 4. The van der Waals surface area contributed by atoms with Gasteiger partial charge in [-0.25, -0.2) is 18.7 Å². The lowest BCUT2D eigenvalue weighted by molar-refractivity contribution is 0.0745. The Kier molecular flexibility index (Phi) is 5.01. The van der Waals surface area contributed by atoms with E-state index in [1.807, 2.05) is 6.07 Å². The van der Waals surface area contributed by atoms with Gasteiger partial charge < -0.3 is 15.7 Å². The summed E-state index contributed by atoms with van der Waals surface area (Å²) in [5, 5.41) is 17.5. The lowest BCUT2D eigenvalue weighted by atomic mass is 9.97. The molecule has 0 unspecified atom stereocenters. The summed E-state index contributed by atoms with van der Waals surface area (Å²) < 4.78 is 17.9. The number of nitrogens with one attached hydrogen (secondary N) is 2. The Morgan fingerprint density at radius 3 is 2.77 bits per heavy atom. The van der Waals surface area contributed by atoms with Crippen molar-refractivity contribution in [3.8, 4) is 5.69 Å². The number of fused-ring (bicyclic) bond motifs is 2. The fourth-order valence-electron chi connectivity index (χ4n) is 4.75. The van der Waals surface area contributed by atoms with E-state index in [0.29, 0.717) is 22.7 Å². The van der Waals surface area contributed by atoms with Gasteiger partial charge in [0.15, 0.2) is 5.65 Å². The van der Waals surface area contributed by atoms with Gasteiger partial charge in [0.1, 0.15) is 11.2 Å². The van der Waals surface area contributed by atoms with Crippen LogP contribution < -0.4 is 16.2 Å². The molecule has 2 aliphatic rings. The van der Waals surface area contributed by atoms with Crippen LogP contribution in [0.3, 0.4) is 0 Å². The van der Waals surface area contributed by atoms with Crippen molar-refractivity contribution in [2.24, 2.45) is 0 Å². The van der Waals surface area contributed by atoms with E-state index in [0.717, 1.165) is 38.0 Å². The van der Waals surface area contributed by atoms with Gasteiger partial charge in [0.05, 0.1) is 17.3 Å². The first-order valence-electron chi connectivity index (χ1n) is 11.9. The number of hydrogen-bond acceptors (Lipinski definition) is 6. The Balaban J connectivity index is 1.48. The molecule has 3 heterocycles. The molecule has 1 fully saturated rings. The van der Waals surface area contributed by atoms with E-state index in [-0.39, 0.29) is 17.2 Å². The third-order valence-electron chi connectivity index (χ3n) is 6.72. The highest BCUT2D eigenvalue weighted by atomic mass is 19.1. The zero-order valence-electron chi connectivity index (χ0n) is 19.7. The van der Waals surface area contributed by atoms with Crippen molar-refractivity contribution < 1.29 is 9.50 Å². The Labute approximate surface area is 201 Å². The van der Waals surface area contributed by atoms with Crippen molar-refractivity contribution in [1.29, 1.82) is 0 Å². The molecule has 1 aliphatic carbocycles. The van der Waals surface area contributed by atoms with Gasteiger partial charge in [-0.05, 0) is 81.1 Å². The van der Waals surface area contributed by atoms with Crippen LogP contribution in [0.2, 0.25) is 0 Å². The second-order valence-electron chi connectivity index (χ2n) is 9.88. The van der Waals surface area contributed by atoms with Crippen LogP contribution in [-0.4, -0.2) is 31.0 Å². The highest BCUT2D eigenvalue weighted by Gasteiger charge is 2.31. The van der Waals surface area contributed by atoms with Crippen molar-refractivity contribution >= 4 is 22.7 Å². The molecule has 35 heavy (non-hydrogen) atoms. The van der Waals surface area contributed by atoms with E-state index in [4.69, 9.17) is 4.98 Å². The van der Waals surface area contributed by atoms with Crippen LogP contribution in [0.4, 0.5) is 16.0 Å². The Morgan fingerprint density at radius 1 is 1.17 bits per heavy atom. The number of aliphatic hydroxyl groups is 1. The first-order chi connectivity index (χ1) is 16.8. The van der Waals surface area contributed by atoms with Crippen molar-refractivity contribution in [2.75, 3.05) is 11.9 Å². The van der Waals surface area contributed by atoms with Gasteiger partial charge in [-0.15, -0.1) is 0 Å². The average Bonchev–Trinajstić information content (AvgIpc) is 3.63. The molecule has 9 heteroatoms. The molecule has 3 N–H and O–H groups in total. The summed E-state index contributed by atoms with van der Waals surface area (Å²) in [5.74, 6) is -0.129. The monoisotopic (exact) mass is 474 g/mol. The molecular weight excluding hydrogens is 447 g/mol. The number of anilines is 2. The van der Waals surface area contributed by atoms with E-state index in [1.54, 1.807) is 27.7 Å². The molecule has 4 aromatic rings. The maximum Gasteiger partial charge on any atom is 0.278 e. The van der Waals surface area contributed by atoms with Gasteiger partial charge in [-0.2, -0.15) is 4.98 Å². The van der Waals surface area contributed by atoms with Crippen molar-refractivity contribution in [3.63, 3.8) is 0 Å². The van der Waals surface area contributed by atoms with Crippen LogP contribution >= 0.6 is 0 Å². The zero-order valence-corrected chi connectivity index (χ0v) is 19.7. The van der Waals surface area contributed by atoms with Crippen LogP contribution in [0.25, 0.3) is 16.7 Å². The van der Waals surface area contributed by atoms with Crippen molar-refractivity contribution in [3.05, 3.63) is 75.5 Å². The number of benzene rings is 2. The van der Waals surface area contributed by atoms with Gasteiger partial charge >= 0.3 is 0 Å². The molecular formula is C26H27FN6O2. The molecule has 0 saturated heterocycles. The smallest absolute Gasteiger partial charge is 0.278 e. The first-order valence-corrected chi connectivity index (χ1v) is 11.9. The van der Waals surface area contributed by atoms with Crippen molar-refractivity contribution in [2.45, 2.75) is 51.3 Å². The topological polar surface area (TPSA) is 97.0 Å². The number of nitrogens with zero attached hydrogens (tertiary/aromatic N) is 4. The average molecular weight is 475 g/mol. The highest BCUT2D eigenvalue weighted by molar-refractivity contribution is 5.77. The first kappa shape index (κ1) is 21.9. The fraction of sp³-hybridized carbons (Fsp3) is 0.346. The summed E-state index contributed by atoms with van der Waals surface area (Å²) >= 11 is 0. The normalized spacial score (nSPS) is 15.9. The van der Waals surface area contributed by atoms with Gasteiger partial charge in [0.25, 0.3) is 5.56 Å². The fourth-order valence-corrected chi connectivity index (χ4v) is 4.75. The summed E-state index contributed by atoms with van der Waals surface area (Å²) in [6, 6.07) is 10.8. The standard InChI is InChI=1S/C26H27FN6O2/c1-26(2,35)21-12-19(7-8-22(21)27)32-23-20(24(34)33(32)18-5-6-18)14-29-25(31-23)30-17-4-3-16-13-28-10-9-15(16)11-17/h3-4,7-8,11-12,14,18,28,35H,5-6,9-10,13H2,1-2H3,(H,29,30,31). The molecule has 2 aromatic heterocycles. The molecule has 0 atom stereocenters. The molecule has 180 valence electrons. The molecule has 0 spiro atoms. The third-order valence-corrected chi connectivity index (χ3v) is 6.72. The third kappa shape index (κ3) is 3.90. The quantitative estimate of drug-likeness (QED) is 0.408. The molecule has 8 nitrogen and oxygen atoms in total. The van der Waals surface area contributed by atoms with Crippen molar-refractivity contribution in [1.82, 2.24) is 24.6 Å². The highest BCUT2D eigenvalue weighted by Crippen LogP contribution is 2.36. The van der Waals surface area contributed by atoms with Crippen LogP contribution in [-0.2, 0) is 18.6 Å². The Bertz CT molecular complexity index is 1510. The maximum atomic E-state index is 14.5. The SMILES string of the molecule is CC(C)(O)c1cc(-n2c3nc(Nc4ccc5c(c4)CCNC5)ncc3c(=O)n2C2CC2)ccc1F. The van der Waals surface area contributed by atoms with Gasteiger partial charge in [0.2, 0.25) is 5.95 Å². The van der Waals surface area contributed by atoms with Gasteiger partial charge in [-0.1, -0.05) is 6.07 Å². The minimum absolute atomic E-state index is 0.0537. The minimum atomic E-state index is -1.38. The predicted octanol–water partition coefficient (Wildman–Crippen LogP) is 3.67. The Hall–Kier alpha value is -3.56. The Morgan fingerprint density at radius 2 is 2.00 bits per heavy atom. The van der Waals surface area contributed by atoms with Crippen LogP contribution in [0.15, 0.2) is 47.4 Å². The molecule has 0 bridgehead atoms. The molecule has 0 amide bonds. The lowest BCUT2D eigenvalue weighted by Crippen LogP contribution is -2.23. The van der Waals surface area contributed by atoms with Crippen LogP contribution in [0.5, 0.6) is 0 Å². The summed E-state index contributed by atoms with van der Waals surface area (Å²) in [5.41, 5.74) is 3.06. The molecule has 1 aliphatic heterocycles. The van der Waals surface area contributed by atoms with Gasteiger partial charge in [0, 0.05) is 24.0 Å². The minimum Gasteiger partial charge on any atom is -0.386 e. The summed E-state index contributed by atoms with van der Waals surface area (Å²) in [6.07, 6.45) is 4.28. The summed E-state index contributed by atoms with van der Waals surface area (Å²) in [4.78, 5) is 22.4. The zero-order chi connectivity index (χ0) is 24.3. The molecule has 1 saturated carbocycles. The second kappa shape index (κ2) is 8.00. The van der Waals surface area contributed by atoms with E-state index in [2.05, 4.69) is 27.8 Å². The van der Waals surface area contributed by atoms with E-state index < -0.39 is 11.4 Å². The number of hydrogen-bond donors (Lipinski definition) is 3. The van der Waals surface area contributed by atoms with Gasteiger partial charge in [-0.3, -0.25) is 4.79 Å². The van der Waals surface area contributed by atoms with Crippen LogP contribution in [0, 0.1) is 5.82 Å². The van der Waals surface area contributed by atoms with E-state index >= 15 is 0 Å². The molecule has 0 radical (unpaired) electrons. The van der Waals surface area contributed by atoms with E-state index in [1.165, 1.54) is 31.0 Å². The summed E-state index contributed by atoms with van der Waals surface area (Å²) in [7, 11) is 0. The lowest BCUT2D eigenvalue weighted by Gasteiger charge is -2.20. The molecule has 2 aromatic carbocycles. The largest absolute Gasteiger partial charge is 0.386 e. The maximum absolute atomic E-state index is 14.5. The molecule has 6 rings (SSSR count). The second-order valence-corrected chi connectivity index (χ2v) is 9.88. The van der Waals surface area contributed by atoms with E-state index in [9.17, 15) is 14.3 Å². The number of halogens is 1. The predicted molar refractivity (Wildman–Crippen MR) is 132 cm³/mol. The van der Waals surface area contributed by atoms with Crippen LogP contribution in [0.1, 0.15) is 49.4 Å². The summed E-state index contributed by atoms with van der Waals surface area (Å²) in [6.45, 7) is 4.89. The number of rotatable bonds is 5.